The van der Waals surface area contributed by atoms with Crippen LogP contribution in [0, 0.1) is 0 Å². The zero-order chi connectivity index (χ0) is 23.3. The van der Waals surface area contributed by atoms with Crippen molar-refractivity contribution in [1.82, 2.24) is 14.6 Å². The summed E-state index contributed by atoms with van der Waals surface area (Å²) >= 11 is 0. The molecule has 6 nitrogen and oxygen atoms in total. The number of imidazole rings is 1. The Morgan fingerprint density at radius 1 is 0.765 bits per heavy atom. The minimum absolute atomic E-state index is 0.258. The van der Waals surface area contributed by atoms with Gasteiger partial charge in [-0.05, 0) is 36.4 Å². The average Bonchev–Trinajstić information content (AvgIpc) is 3.29. The number of rotatable bonds is 6. The van der Waals surface area contributed by atoms with Gasteiger partial charge < -0.3 is 4.74 Å². The van der Waals surface area contributed by atoms with Gasteiger partial charge in [0.05, 0.1) is 18.5 Å². The van der Waals surface area contributed by atoms with Crippen LogP contribution in [0.2, 0.25) is 0 Å². The van der Waals surface area contributed by atoms with Gasteiger partial charge in [0.1, 0.15) is 5.75 Å². The van der Waals surface area contributed by atoms with E-state index in [2.05, 4.69) is 10.4 Å². The Labute approximate surface area is 197 Å². The number of methoxy groups -OCH3 is 1. The highest BCUT2D eigenvalue weighted by molar-refractivity contribution is 6.01. The molecule has 0 radical (unpaired) electrons. The molecule has 1 N–H and O–H groups in total. The van der Waals surface area contributed by atoms with E-state index in [0.717, 1.165) is 33.8 Å². The number of nitrogens with zero attached hydrogens (tertiary/aromatic N) is 3. The zero-order valence-corrected chi connectivity index (χ0v) is 18.6. The summed E-state index contributed by atoms with van der Waals surface area (Å²) in [5.41, 5.74) is 7.86. The standard InChI is InChI=1S/C28H22N4O2/c1-34-24-14-12-22(13-15-24)27-30-25(20-8-4-2-5-9-20)26(21-10-6-3-7-11-21)32(27)31-28(33)23-16-18-29-19-17-23/h2-19H,1H3,(H,31,33). The number of aromatic nitrogens is 3. The highest BCUT2D eigenvalue weighted by Gasteiger charge is 2.23. The van der Waals surface area contributed by atoms with Gasteiger partial charge in [-0.1, -0.05) is 60.7 Å². The molecule has 0 aliphatic rings. The molecule has 0 bridgehead atoms. The number of hydrogen-bond donors (Lipinski definition) is 1. The van der Waals surface area contributed by atoms with Crippen LogP contribution in [0.3, 0.4) is 0 Å². The van der Waals surface area contributed by atoms with Gasteiger partial charge in [0.25, 0.3) is 5.91 Å². The predicted molar refractivity (Wildman–Crippen MR) is 133 cm³/mol. The second kappa shape index (κ2) is 9.42. The summed E-state index contributed by atoms with van der Waals surface area (Å²) in [7, 11) is 1.63. The molecule has 0 atom stereocenters. The third kappa shape index (κ3) is 4.17. The minimum Gasteiger partial charge on any atom is -0.497 e. The second-order valence-electron chi connectivity index (χ2n) is 7.61. The lowest BCUT2D eigenvalue weighted by Crippen LogP contribution is -2.24. The first-order chi connectivity index (χ1) is 16.7. The van der Waals surface area contributed by atoms with Crippen molar-refractivity contribution in [1.29, 1.82) is 0 Å². The first kappa shape index (κ1) is 21.2. The lowest BCUT2D eigenvalue weighted by Gasteiger charge is -2.15. The Morgan fingerprint density at radius 3 is 2.00 bits per heavy atom. The Morgan fingerprint density at radius 2 is 1.38 bits per heavy atom. The molecule has 34 heavy (non-hydrogen) atoms. The van der Waals surface area contributed by atoms with Crippen molar-refractivity contribution in [2.75, 3.05) is 12.5 Å². The SMILES string of the molecule is COc1ccc(-c2nc(-c3ccccc3)c(-c3ccccc3)n2NC(=O)c2ccncc2)cc1. The molecule has 0 aliphatic heterocycles. The van der Waals surface area contributed by atoms with Gasteiger partial charge in [-0.25, -0.2) is 9.66 Å². The number of ether oxygens (including phenoxy) is 1. The molecular formula is C28H22N4O2. The van der Waals surface area contributed by atoms with E-state index in [1.807, 2.05) is 84.9 Å². The highest BCUT2D eigenvalue weighted by atomic mass is 16.5. The number of carbonyl (C=O) groups is 1. The van der Waals surface area contributed by atoms with Crippen LogP contribution >= 0.6 is 0 Å². The van der Waals surface area contributed by atoms with Gasteiger partial charge in [-0.2, -0.15) is 0 Å². The van der Waals surface area contributed by atoms with E-state index in [1.54, 1.807) is 36.3 Å². The van der Waals surface area contributed by atoms with E-state index in [1.165, 1.54) is 0 Å². The van der Waals surface area contributed by atoms with Gasteiger partial charge in [-0.3, -0.25) is 15.2 Å². The second-order valence-corrected chi connectivity index (χ2v) is 7.61. The van der Waals surface area contributed by atoms with Crippen LogP contribution in [0.1, 0.15) is 10.4 Å². The molecule has 5 rings (SSSR count). The van der Waals surface area contributed by atoms with E-state index in [0.29, 0.717) is 11.4 Å². The molecule has 0 saturated carbocycles. The molecule has 166 valence electrons. The molecule has 1 amide bonds. The van der Waals surface area contributed by atoms with Crippen molar-refractivity contribution in [3.05, 3.63) is 115 Å². The summed E-state index contributed by atoms with van der Waals surface area (Å²) in [6.45, 7) is 0. The lowest BCUT2D eigenvalue weighted by atomic mass is 10.1. The van der Waals surface area contributed by atoms with Crippen LogP contribution in [-0.2, 0) is 0 Å². The van der Waals surface area contributed by atoms with Crippen molar-refractivity contribution < 1.29 is 9.53 Å². The highest BCUT2D eigenvalue weighted by Crippen LogP contribution is 2.36. The van der Waals surface area contributed by atoms with E-state index in [4.69, 9.17) is 9.72 Å². The quantitative estimate of drug-likeness (QED) is 0.365. The van der Waals surface area contributed by atoms with E-state index in [9.17, 15) is 4.79 Å². The van der Waals surface area contributed by atoms with Crippen LogP contribution in [0.15, 0.2) is 109 Å². The molecule has 5 aromatic rings. The number of hydrogen-bond acceptors (Lipinski definition) is 4. The minimum atomic E-state index is -0.258. The maximum Gasteiger partial charge on any atom is 0.270 e. The topological polar surface area (TPSA) is 69.0 Å². The molecule has 3 aromatic carbocycles. The predicted octanol–water partition coefficient (Wildman–Crippen LogP) is 5.67. The maximum atomic E-state index is 13.2. The van der Waals surface area contributed by atoms with Crippen LogP contribution < -0.4 is 10.2 Å². The van der Waals surface area contributed by atoms with Crippen molar-refractivity contribution in [3.63, 3.8) is 0 Å². The number of benzene rings is 3. The molecular weight excluding hydrogens is 424 g/mol. The van der Waals surface area contributed by atoms with Crippen molar-refractivity contribution in [2.45, 2.75) is 0 Å². The summed E-state index contributed by atoms with van der Waals surface area (Å²) in [5, 5.41) is 0. The Hall–Kier alpha value is -4.71. The van der Waals surface area contributed by atoms with E-state index >= 15 is 0 Å². The van der Waals surface area contributed by atoms with Gasteiger partial charge in [0.15, 0.2) is 5.82 Å². The molecule has 0 spiro atoms. The van der Waals surface area contributed by atoms with Gasteiger partial charge in [0.2, 0.25) is 0 Å². The molecule has 2 heterocycles. The first-order valence-corrected chi connectivity index (χ1v) is 10.8. The average molecular weight is 447 g/mol. The Kier molecular flexibility index (Phi) is 5.86. The molecule has 0 unspecified atom stereocenters. The number of pyridine rings is 1. The van der Waals surface area contributed by atoms with Crippen LogP contribution in [0.25, 0.3) is 33.9 Å². The third-order valence-electron chi connectivity index (χ3n) is 5.48. The number of nitrogens with one attached hydrogen (secondary N) is 1. The fraction of sp³-hybridized carbons (Fsp3) is 0.0357. The lowest BCUT2D eigenvalue weighted by molar-refractivity contribution is 0.101. The first-order valence-electron chi connectivity index (χ1n) is 10.8. The van der Waals surface area contributed by atoms with E-state index in [-0.39, 0.29) is 5.91 Å². The largest absolute Gasteiger partial charge is 0.497 e. The summed E-state index contributed by atoms with van der Waals surface area (Å²) in [5.74, 6) is 1.10. The third-order valence-corrected chi connectivity index (χ3v) is 5.48. The van der Waals surface area contributed by atoms with Crippen molar-refractivity contribution in [3.8, 4) is 39.7 Å². The molecule has 0 saturated heterocycles. The monoisotopic (exact) mass is 446 g/mol. The van der Waals surface area contributed by atoms with Crippen LogP contribution in [0.5, 0.6) is 5.75 Å². The fourth-order valence-electron chi connectivity index (χ4n) is 3.79. The zero-order valence-electron chi connectivity index (χ0n) is 18.6. The van der Waals surface area contributed by atoms with Crippen molar-refractivity contribution >= 4 is 5.91 Å². The fourth-order valence-corrected chi connectivity index (χ4v) is 3.79. The summed E-state index contributed by atoms with van der Waals surface area (Å²) < 4.78 is 7.09. The molecule has 0 aliphatic carbocycles. The summed E-state index contributed by atoms with van der Waals surface area (Å²) in [4.78, 5) is 22.3. The van der Waals surface area contributed by atoms with Gasteiger partial charge in [-0.15, -0.1) is 0 Å². The summed E-state index contributed by atoms with van der Waals surface area (Å²) in [6, 6.07) is 30.9. The number of amides is 1. The molecule has 0 fully saturated rings. The smallest absolute Gasteiger partial charge is 0.270 e. The van der Waals surface area contributed by atoms with Crippen molar-refractivity contribution in [2.24, 2.45) is 0 Å². The van der Waals surface area contributed by atoms with Crippen LogP contribution in [0.4, 0.5) is 0 Å². The van der Waals surface area contributed by atoms with E-state index < -0.39 is 0 Å². The van der Waals surface area contributed by atoms with Crippen LogP contribution in [-0.4, -0.2) is 27.7 Å². The summed E-state index contributed by atoms with van der Waals surface area (Å²) in [6.07, 6.45) is 3.20. The Balaban J connectivity index is 1.74. The normalized spacial score (nSPS) is 10.6. The molecule has 6 heteroatoms. The van der Waals surface area contributed by atoms with Gasteiger partial charge >= 0.3 is 0 Å². The Bertz CT molecular complexity index is 1400. The molecule has 2 aromatic heterocycles. The number of carbonyl (C=O) groups excluding carboxylic acids is 1. The maximum absolute atomic E-state index is 13.2. The van der Waals surface area contributed by atoms with Gasteiger partial charge in [0, 0.05) is 34.6 Å².